The zero-order valence-electron chi connectivity index (χ0n) is 28.0. The summed E-state index contributed by atoms with van der Waals surface area (Å²) in [7, 11) is -0.454. The van der Waals surface area contributed by atoms with Crippen molar-refractivity contribution < 1.29 is 28.5 Å². The Hall–Kier alpha value is -4.33. The number of benzene rings is 3. The van der Waals surface area contributed by atoms with Crippen molar-refractivity contribution in [3.8, 4) is 35.2 Å². The minimum absolute atomic E-state index is 0.211. The smallest absolute Gasteiger partial charge is 0.345 e. The number of hydrogen-bond donors (Lipinski definition) is 0. The molecule has 0 unspecified atom stereocenters. The Bertz CT molecular complexity index is 1510. The van der Waals surface area contributed by atoms with E-state index in [1.165, 1.54) is 0 Å². The largest absolute Gasteiger partial charge is 0.481 e. The number of rotatable bonds is 11. The van der Waals surface area contributed by atoms with Crippen LogP contribution in [0.3, 0.4) is 0 Å². The summed E-state index contributed by atoms with van der Waals surface area (Å²) in [5.41, 5.74) is 1.91. The fraction of sp³-hybridized carbons (Fsp3) is 0.368. The molecule has 0 heterocycles. The number of ether oxygens (including phenoxy) is 4. The van der Waals surface area contributed by atoms with E-state index in [9.17, 15) is 9.59 Å². The summed E-state index contributed by atoms with van der Waals surface area (Å²) in [4.78, 5) is 28.3. The highest BCUT2D eigenvalue weighted by molar-refractivity contribution is 7.97. The standard InChI is InChI=1S/C38H43O6S/c1-11-18-37(7,8)43-33(39)24-41-35-26(3)20-31(21-27(35)4)45(30-16-14-13-15-17-30)32-22-28(5)36(29(6)23-32)42-25-34(40)44-38(9,10)19-12-2/h13-17,20-23H,24-25H2,1-10H3/q+1. The maximum Gasteiger partial charge on any atom is 0.345 e. The van der Waals surface area contributed by atoms with Crippen molar-refractivity contribution >= 4 is 22.8 Å². The van der Waals surface area contributed by atoms with Gasteiger partial charge in [0.25, 0.3) is 0 Å². The van der Waals surface area contributed by atoms with E-state index in [-0.39, 0.29) is 13.2 Å². The van der Waals surface area contributed by atoms with E-state index in [2.05, 4.69) is 60.1 Å². The second-order valence-electron chi connectivity index (χ2n) is 11.7. The third-order valence-corrected chi connectivity index (χ3v) is 8.73. The summed E-state index contributed by atoms with van der Waals surface area (Å²) in [5.74, 6) is 11.7. The molecule has 3 rings (SSSR count). The van der Waals surface area contributed by atoms with Gasteiger partial charge >= 0.3 is 11.9 Å². The molecule has 0 aliphatic carbocycles. The van der Waals surface area contributed by atoms with Gasteiger partial charge in [-0.2, -0.15) is 0 Å². The minimum atomic E-state index is -0.881. The van der Waals surface area contributed by atoms with Crippen LogP contribution in [0.25, 0.3) is 0 Å². The second kappa shape index (κ2) is 15.1. The highest BCUT2D eigenvalue weighted by Gasteiger charge is 2.32. The van der Waals surface area contributed by atoms with Crippen LogP contribution >= 0.6 is 0 Å². The van der Waals surface area contributed by atoms with Crippen molar-refractivity contribution in [3.05, 3.63) is 76.9 Å². The molecular formula is C38H43O6S+. The van der Waals surface area contributed by atoms with Crippen LogP contribution in [0, 0.1) is 51.4 Å². The summed E-state index contributed by atoms with van der Waals surface area (Å²) < 4.78 is 22.9. The molecule has 0 saturated heterocycles. The first kappa shape index (κ1) is 35.2. The molecule has 0 aliphatic heterocycles. The number of carbonyl (C=O) groups is 2. The van der Waals surface area contributed by atoms with Crippen LogP contribution < -0.4 is 9.47 Å². The predicted molar refractivity (Wildman–Crippen MR) is 179 cm³/mol. The lowest BCUT2D eigenvalue weighted by molar-refractivity contribution is -0.155. The molecule has 0 radical (unpaired) electrons. The lowest BCUT2D eigenvalue weighted by atomic mass is 10.1. The number of hydrogen-bond acceptors (Lipinski definition) is 6. The molecule has 3 aromatic carbocycles. The quantitative estimate of drug-likeness (QED) is 0.125. The first-order valence-corrected chi connectivity index (χ1v) is 16.0. The van der Waals surface area contributed by atoms with Gasteiger partial charge in [-0.1, -0.05) is 30.0 Å². The van der Waals surface area contributed by atoms with Crippen LogP contribution in [-0.4, -0.2) is 36.4 Å². The fourth-order valence-electron chi connectivity index (χ4n) is 5.02. The van der Waals surface area contributed by atoms with Gasteiger partial charge in [0.2, 0.25) is 0 Å². The van der Waals surface area contributed by atoms with Gasteiger partial charge in [-0.05, 0) is 104 Å². The SMILES string of the molecule is CC#CC(C)(C)OC(=O)COc1c(C)cc([S+](c2ccccc2)c2cc(C)c(OCC(=O)OC(C)(C)C#CC)c(C)c2)cc1C. The van der Waals surface area contributed by atoms with E-state index in [4.69, 9.17) is 18.9 Å². The van der Waals surface area contributed by atoms with Crippen LogP contribution in [0.4, 0.5) is 0 Å². The van der Waals surface area contributed by atoms with Gasteiger partial charge < -0.3 is 18.9 Å². The van der Waals surface area contributed by atoms with E-state index in [1.807, 2.05) is 45.9 Å². The first-order chi connectivity index (χ1) is 21.2. The van der Waals surface area contributed by atoms with Crippen LogP contribution in [0.1, 0.15) is 63.8 Å². The number of esters is 2. The molecule has 0 fully saturated rings. The summed E-state index contributed by atoms with van der Waals surface area (Å²) in [6, 6.07) is 18.8. The molecule has 0 saturated carbocycles. The number of carbonyl (C=O) groups excluding carboxylic acids is 2. The zero-order chi connectivity index (χ0) is 33.4. The van der Waals surface area contributed by atoms with E-state index < -0.39 is 34.0 Å². The van der Waals surface area contributed by atoms with E-state index in [0.717, 1.165) is 36.9 Å². The monoisotopic (exact) mass is 627 g/mol. The molecule has 0 aliphatic rings. The van der Waals surface area contributed by atoms with Crippen molar-refractivity contribution in [2.24, 2.45) is 0 Å². The normalized spacial score (nSPS) is 11.1. The number of aryl methyl sites for hydroxylation is 4. The molecule has 0 atom stereocenters. The Morgan fingerprint density at radius 3 is 1.31 bits per heavy atom. The average Bonchev–Trinajstić information content (AvgIpc) is 2.92. The topological polar surface area (TPSA) is 71.1 Å². The molecule has 45 heavy (non-hydrogen) atoms. The third-order valence-electron chi connectivity index (χ3n) is 6.58. The lowest BCUT2D eigenvalue weighted by Crippen LogP contribution is -2.29. The summed E-state index contributed by atoms with van der Waals surface area (Å²) in [5, 5.41) is 0. The zero-order valence-corrected chi connectivity index (χ0v) is 28.8. The Balaban J connectivity index is 1.90. The van der Waals surface area contributed by atoms with Gasteiger partial charge in [0.1, 0.15) is 11.5 Å². The van der Waals surface area contributed by atoms with Crippen LogP contribution in [0.5, 0.6) is 11.5 Å². The van der Waals surface area contributed by atoms with Crippen molar-refractivity contribution in [3.63, 3.8) is 0 Å². The van der Waals surface area contributed by atoms with Crippen molar-refractivity contribution in [2.75, 3.05) is 13.2 Å². The summed E-state index contributed by atoms with van der Waals surface area (Å²) in [6.45, 7) is 17.9. The van der Waals surface area contributed by atoms with Crippen molar-refractivity contribution in [1.29, 1.82) is 0 Å². The molecule has 0 spiro atoms. The van der Waals surface area contributed by atoms with Crippen LogP contribution in [0.2, 0.25) is 0 Å². The van der Waals surface area contributed by atoms with E-state index >= 15 is 0 Å². The first-order valence-electron chi connectivity index (χ1n) is 14.7. The van der Waals surface area contributed by atoms with Crippen molar-refractivity contribution in [2.45, 2.75) is 95.1 Å². The minimum Gasteiger partial charge on any atom is -0.481 e. The van der Waals surface area contributed by atoms with Gasteiger partial charge in [-0.3, -0.25) is 0 Å². The molecule has 0 amide bonds. The van der Waals surface area contributed by atoms with E-state index in [0.29, 0.717) is 11.5 Å². The highest BCUT2D eigenvalue weighted by Crippen LogP contribution is 2.38. The Morgan fingerprint density at radius 2 is 0.978 bits per heavy atom. The molecule has 7 heteroatoms. The molecular weight excluding hydrogens is 584 g/mol. The molecule has 0 bridgehead atoms. The highest BCUT2D eigenvalue weighted by atomic mass is 32.2. The summed E-state index contributed by atoms with van der Waals surface area (Å²) >= 11 is 0. The van der Waals surface area contributed by atoms with Gasteiger partial charge in [0, 0.05) is 24.3 Å². The maximum absolute atomic E-state index is 12.5. The second-order valence-corrected chi connectivity index (χ2v) is 13.7. The van der Waals surface area contributed by atoms with Crippen molar-refractivity contribution in [1.82, 2.24) is 0 Å². The van der Waals surface area contributed by atoms with Gasteiger partial charge in [-0.15, -0.1) is 11.8 Å². The van der Waals surface area contributed by atoms with Gasteiger partial charge in [0.05, 0.1) is 10.9 Å². The van der Waals surface area contributed by atoms with Gasteiger partial charge in [-0.25, -0.2) is 9.59 Å². The van der Waals surface area contributed by atoms with Crippen LogP contribution in [0.15, 0.2) is 69.3 Å². The third kappa shape index (κ3) is 9.83. The fourth-order valence-corrected chi connectivity index (χ4v) is 7.44. The Kier molecular flexibility index (Phi) is 11.8. The molecule has 3 aromatic rings. The van der Waals surface area contributed by atoms with Crippen LogP contribution in [-0.2, 0) is 30.0 Å². The van der Waals surface area contributed by atoms with E-state index in [1.54, 1.807) is 41.5 Å². The molecule has 6 nitrogen and oxygen atoms in total. The average molecular weight is 628 g/mol. The maximum atomic E-state index is 12.5. The van der Waals surface area contributed by atoms with Gasteiger partial charge in [0.15, 0.2) is 39.1 Å². The Morgan fingerprint density at radius 1 is 0.622 bits per heavy atom. The molecule has 0 N–H and O–H groups in total. The predicted octanol–water partition coefficient (Wildman–Crippen LogP) is 7.46. The lowest BCUT2D eigenvalue weighted by Gasteiger charge is -2.20. The summed E-state index contributed by atoms with van der Waals surface area (Å²) in [6.07, 6.45) is 0. The molecule has 0 aromatic heterocycles. The molecule has 236 valence electrons. The Labute approximate surface area is 271 Å².